The van der Waals surface area contributed by atoms with Gasteiger partial charge in [-0.2, -0.15) is 0 Å². The molecule has 0 spiro atoms. The van der Waals surface area contributed by atoms with Crippen molar-refractivity contribution in [1.82, 2.24) is 5.32 Å². The van der Waals surface area contributed by atoms with Crippen LogP contribution >= 0.6 is 0 Å². The van der Waals surface area contributed by atoms with Gasteiger partial charge in [-0.25, -0.2) is 8.42 Å². The lowest BCUT2D eigenvalue weighted by molar-refractivity contribution is 0.227. The monoisotopic (exact) mass is 273 g/mol. The van der Waals surface area contributed by atoms with E-state index < -0.39 is 9.84 Å². The van der Waals surface area contributed by atoms with Gasteiger partial charge in [-0.1, -0.05) is 26.7 Å². The van der Waals surface area contributed by atoms with E-state index in [0.717, 1.165) is 24.8 Å². The highest BCUT2D eigenvalue weighted by atomic mass is 32.2. The van der Waals surface area contributed by atoms with Crippen molar-refractivity contribution in [3.05, 3.63) is 0 Å². The lowest BCUT2D eigenvalue weighted by atomic mass is 9.79. The molecule has 1 aliphatic heterocycles. The average molecular weight is 273 g/mol. The fourth-order valence-corrected chi connectivity index (χ4v) is 5.25. The Morgan fingerprint density at radius 3 is 2.61 bits per heavy atom. The van der Waals surface area contributed by atoms with E-state index in [-0.39, 0.29) is 0 Å². The van der Waals surface area contributed by atoms with Gasteiger partial charge in [-0.15, -0.1) is 0 Å². The van der Waals surface area contributed by atoms with Crippen LogP contribution in [0, 0.1) is 17.8 Å². The third-order valence-electron chi connectivity index (χ3n) is 4.68. The molecule has 0 aromatic rings. The minimum absolute atomic E-state index is 0.356. The van der Waals surface area contributed by atoms with Crippen LogP contribution in [0.25, 0.3) is 0 Å². The fraction of sp³-hybridized carbons (Fsp3) is 1.00. The molecule has 2 rings (SSSR count). The van der Waals surface area contributed by atoms with Gasteiger partial charge in [0.1, 0.15) is 0 Å². The Bertz CT molecular complexity index is 364. The lowest BCUT2D eigenvalue weighted by Crippen LogP contribution is -2.38. The Balaban J connectivity index is 1.74. The molecule has 4 heteroatoms. The summed E-state index contributed by atoms with van der Waals surface area (Å²) in [7, 11) is -2.71. The van der Waals surface area contributed by atoms with Gasteiger partial charge < -0.3 is 5.32 Å². The Morgan fingerprint density at radius 2 is 2.00 bits per heavy atom. The van der Waals surface area contributed by atoms with Crippen molar-refractivity contribution >= 4 is 9.84 Å². The summed E-state index contributed by atoms with van der Waals surface area (Å²) in [6.45, 7) is 5.53. The van der Waals surface area contributed by atoms with E-state index in [1.54, 1.807) is 0 Å². The largest absolute Gasteiger partial charge is 0.314 e. The molecular formula is C14H27NO2S. The van der Waals surface area contributed by atoms with Gasteiger partial charge in [0, 0.05) is 6.04 Å². The topological polar surface area (TPSA) is 46.2 Å². The molecule has 2 aliphatic rings. The molecule has 1 N–H and O–H groups in total. The number of rotatable bonds is 4. The lowest BCUT2D eigenvalue weighted by Gasteiger charge is -2.32. The van der Waals surface area contributed by atoms with Crippen LogP contribution in [-0.2, 0) is 9.84 Å². The summed E-state index contributed by atoms with van der Waals surface area (Å²) in [5, 5.41) is 3.62. The van der Waals surface area contributed by atoms with E-state index in [0.29, 0.717) is 23.5 Å². The number of hydrogen-bond acceptors (Lipinski definition) is 3. The van der Waals surface area contributed by atoms with Crippen LogP contribution in [0.4, 0.5) is 0 Å². The summed E-state index contributed by atoms with van der Waals surface area (Å²) in [6, 6.07) is 0.620. The zero-order valence-corrected chi connectivity index (χ0v) is 12.5. The standard InChI is InChI=1S/C14H27NO2S/c1-11(2)13-4-3-5-14(8-13)15-9-12-6-7-18(16,17)10-12/h11-15H,3-10H2,1-2H3. The van der Waals surface area contributed by atoms with E-state index in [1.165, 1.54) is 25.7 Å². The number of nitrogens with one attached hydrogen (secondary N) is 1. The first-order chi connectivity index (χ1) is 8.46. The van der Waals surface area contributed by atoms with Crippen LogP contribution in [0.1, 0.15) is 46.0 Å². The fourth-order valence-electron chi connectivity index (χ4n) is 3.38. The molecule has 0 aromatic heterocycles. The average Bonchev–Trinajstić information content (AvgIpc) is 2.67. The summed E-state index contributed by atoms with van der Waals surface area (Å²) in [4.78, 5) is 0. The van der Waals surface area contributed by atoms with Crippen molar-refractivity contribution in [2.24, 2.45) is 17.8 Å². The third-order valence-corrected chi connectivity index (χ3v) is 6.52. The smallest absolute Gasteiger partial charge is 0.150 e. The molecule has 2 fully saturated rings. The minimum atomic E-state index is -2.71. The molecule has 3 unspecified atom stereocenters. The molecule has 3 atom stereocenters. The van der Waals surface area contributed by atoms with Crippen molar-refractivity contribution in [3.8, 4) is 0 Å². The van der Waals surface area contributed by atoms with E-state index in [4.69, 9.17) is 0 Å². The quantitative estimate of drug-likeness (QED) is 0.854. The molecule has 0 bridgehead atoms. The van der Waals surface area contributed by atoms with Crippen LogP contribution in [0.5, 0.6) is 0 Å². The number of hydrogen-bond donors (Lipinski definition) is 1. The van der Waals surface area contributed by atoms with Crippen LogP contribution in [0.15, 0.2) is 0 Å². The summed E-state index contributed by atoms with van der Waals surface area (Å²) >= 11 is 0. The molecule has 1 heterocycles. The zero-order chi connectivity index (χ0) is 13.2. The van der Waals surface area contributed by atoms with E-state index in [9.17, 15) is 8.42 Å². The first-order valence-electron chi connectivity index (χ1n) is 7.40. The van der Waals surface area contributed by atoms with Gasteiger partial charge in [0.15, 0.2) is 9.84 Å². The normalized spacial score (nSPS) is 36.1. The molecule has 3 nitrogen and oxygen atoms in total. The summed E-state index contributed by atoms with van der Waals surface area (Å²) in [6.07, 6.45) is 6.09. The highest BCUT2D eigenvalue weighted by molar-refractivity contribution is 7.91. The van der Waals surface area contributed by atoms with Crippen LogP contribution in [0.2, 0.25) is 0 Å². The molecule has 106 valence electrons. The van der Waals surface area contributed by atoms with E-state index in [2.05, 4.69) is 19.2 Å². The van der Waals surface area contributed by atoms with Crippen LogP contribution < -0.4 is 5.32 Å². The third kappa shape index (κ3) is 3.95. The highest BCUT2D eigenvalue weighted by Crippen LogP contribution is 2.30. The maximum Gasteiger partial charge on any atom is 0.150 e. The minimum Gasteiger partial charge on any atom is -0.314 e. The second-order valence-electron chi connectivity index (χ2n) is 6.54. The predicted octanol–water partition coefficient (Wildman–Crippen LogP) is 2.23. The van der Waals surface area contributed by atoms with Gasteiger partial charge in [0.05, 0.1) is 11.5 Å². The molecular weight excluding hydrogens is 246 g/mol. The maximum absolute atomic E-state index is 11.4. The van der Waals surface area contributed by atoms with Gasteiger partial charge in [0.2, 0.25) is 0 Å². The van der Waals surface area contributed by atoms with Crippen LogP contribution in [-0.4, -0.2) is 32.5 Å². The first kappa shape index (κ1) is 14.3. The Labute approximate surface area is 112 Å². The second kappa shape index (κ2) is 5.91. The van der Waals surface area contributed by atoms with Crippen molar-refractivity contribution in [1.29, 1.82) is 0 Å². The van der Waals surface area contributed by atoms with Gasteiger partial charge in [0.25, 0.3) is 0 Å². The van der Waals surface area contributed by atoms with Crippen molar-refractivity contribution in [2.45, 2.75) is 52.0 Å². The second-order valence-corrected chi connectivity index (χ2v) is 8.77. The molecule has 1 saturated heterocycles. The molecule has 0 amide bonds. The molecule has 1 saturated carbocycles. The van der Waals surface area contributed by atoms with Crippen molar-refractivity contribution < 1.29 is 8.42 Å². The summed E-state index contributed by atoms with van der Waals surface area (Å²) < 4.78 is 22.8. The van der Waals surface area contributed by atoms with E-state index >= 15 is 0 Å². The molecule has 0 aromatic carbocycles. The van der Waals surface area contributed by atoms with Crippen molar-refractivity contribution in [2.75, 3.05) is 18.1 Å². The maximum atomic E-state index is 11.4. The first-order valence-corrected chi connectivity index (χ1v) is 9.22. The zero-order valence-electron chi connectivity index (χ0n) is 11.7. The SMILES string of the molecule is CC(C)C1CCCC(NCC2CCS(=O)(=O)C2)C1. The van der Waals surface area contributed by atoms with Crippen molar-refractivity contribution in [3.63, 3.8) is 0 Å². The highest BCUT2D eigenvalue weighted by Gasteiger charge is 2.29. The Kier molecular flexibility index (Phi) is 4.70. The Hall–Kier alpha value is -0.0900. The molecule has 0 radical (unpaired) electrons. The summed E-state index contributed by atoms with van der Waals surface area (Å²) in [5.74, 6) is 2.79. The van der Waals surface area contributed by atoms with Crippen LogP contribution in [0.3, 0.4) is 0 Å². The summed E-state index contributed by atoms with van der Waals surface area (Å²) in [5.41, 5.74) is 0. The van der Waals surface area contributed by atoms with Gasteiger partial charge >= 0.3 is 0 Å². The van der Waals surface area contributed by atoms with E-state index in [1.807, 2.05) is 0 Å². The number of sulfone groups is 1. The Morgan fingerprint density at radius 1 is 1.22 bits per heavy atom. The van der Waals surface area contributed by atoms with Gasteiger partial charge in [-0.05, 0) is 43.6 Å². The van der Waals surface area contributed by atoms with Gasteiger partial charge in [-0.3, -0.25) is 0 Å². The molecule has 1 aliphatic carbocycles. The predicted molar refractivity (Wildman–Crippen MR) is 75.3 cm³/mol. The molecule has 18 heavy (non-hydrogen) atoms.